The second-order valence-corrected chi connectivity index (χ2v) is 6.71. The number of halogens is 3. The highest BCUT2D eigenvalue weighted by Crippen LogP contribution is 2.25. The Morgan fingerprint density at radius 1 is 1.14 bits per heavy atom. The van der Waals surface area contributed by atoms with Gasteiger partial charge in [0.1, 0.15) is 5.82 Å². The molecule has 0 aromatic heterocycles. The molecule has 0 spiro atoms. The van der Waals surface area contributed by atoms with E-state index in [2.05, 4.69) is 4.72 Å². The zero-order valence-electron chi connectivity index (χ0n) is 10.6. The molecular weight excluding hydrogens is 338 g/mol. The first-order valence-corrected chi connectivity index (χ1v) is 8.04. The molecule has 0 bridgehead atoms. The van der Waals surface area contributed by atoms with E-state index in [0.29, 0.717) is 5.56 Å². The molecule has 0 radical (unpaired) electrons. The minimum Gasteiger partial charge on any atom is -0.326 e. The highest BCUT2D eigenvalue weighted by Gasteiger charge is 2.17. The highest BCUT2D eigenvalue weighted by atomic mass is 35.5. The minimum atomic E-state index is -3.95. The summed E-state index contributed by atoms with van der Waals surface area (Å²) in [5.74, 6) is -0.768. The highest BCUT2D eigenvalue weighted by molar-refractivity contribution is 7.92. The molecule has 0 atom stereocenters. The van der Waals surface area contributed by atoms with Crippen molar-refractivity contribution in [2.45, 2.75) is 11.4 Å². The number of anilines is 1. The van der Waals surface area contributed by atoms with Crippen molar-refractivity contribution >= 4 is 38.9 Å². The number of benzene rings is 2. The zero-order valence-corrected chi connectivity index (χ0v) is 12.9. The third-order valence-electron chi connectivity index (χ3n) is 2.73. The van der Waals surface area contributed by atoms with Gasteiger partial charge in [-0.05, 0) is 35.9 Å². The van der Waals surface area contributed by atoms with Crippen LogP contribution in [-0.2, 0) is 16.6 Å². The third kappa shape index (κ3) is 3.65. The molecular formula is C13H11Cl2FN2O2S. The van der Waals surface area contributed by atoms with Crippen LogP contribution in [0.3, 0.4) is 0 Å². The van der Waals surface area contributed by atoms with E-state index in [4.69, 9.17) is 28.9 Å². The lowest BCUT2D eigenvalue weighted by Crippen LogP contribution is -2.14. The van der Waals surface area contributed by atoms with E-state index >= 15 is 0 Å². The summed E-state index contributed by atoms with van der Waals surface area (Å²) in [6.45, 7) is 0.193. The van der Waals surface area contributed by atoms with Gasteiger partial charge < -0.3 is 5.73 Å². The standard InChI is InChI=1S/C13H11Cl2FN2O2S/c14-9-2-4-13(12(16)5-9)18-21(19,20)10-3-1-8(7-17)11(15)6-10/h1-6,18H,7,17H2. The van der Waals surface area contributed by atoms with Crippen LogP contribution < -0.4 is 10.5 Å². The van der Waals surface area contributed by atoms with E-state index < -0.39 is 15.8 Å². The van der Waals surface area contributed by atoms with Crippen LogP contribution in [0.25, 0.3) is 0 Å². The molecule has 112 valence electrons. The van der Waals surface area contributed by atoms with Crippen LogP contribution in [0.15, 0.2) is 41.3 Å². The van der Waals surface area contributed by atoms with Crippen molar-refractivity contribution in [3.63, 3.8) is 0 Å². The van der Waals surface area contributed by atoms with Crippen LogP contribution >= 0.6 is 23.2 Å². The monoisotopic (exact) mass is 348 g/mol. The van der Waals surface area contributed by atoms with Crippen molar-refractivity contribution in [3.05, 3.63) is 57.8 Å². The molecule has 2 aromatic rings. The summed E-state index contributed by atoms with van der Waals surface area (Å²) in [4.78, 5) is -0.0842. The van der Waals surface area contributed by atoms with E-state index in [1.807, 2.05) is 0 Å². The van der Waals surface area contributed by atoms with Gasteiger partial charge in [0.2, 0.25) is 0 Å². The number of sulfonamides is 1. The summed E-state index contributed by atoms with van der Waals surface area (Å²) in [5.41, 5.74) is 5.88. The molecule has 3 N–H and O–H groups in total. The van der Waals surface area contributed by atoms with Crippen LogP contribution in [0.4, 0.5) is 10.1 Å². The molecule has 0 aliphatic rings. The van der Waals surface area contributed by atoms with Gasteiger partial charge in [-0.15, -0.1) is 0 Å². The van der Waals surface area contributed by atoms with Crippen LogP contribution in [-0.4, -0.2) is 8.42 Å². The number of hydrogen-bond acceptors (Lipinski definition) is 3. The second-order valence-electron chi connectivity index (χ2n) is 4.19. The van der Waals surface area contributed by atoms with E-state index in [1.54, 1.807) is 0 Å². The second kappa shape index (κ2) is 6.19. The Bertz CT molecular complexity index is 782. The zero-order chi connectivity index (χ0) is 15.6. The number of hydrogen-bond donors (Lipinski definition) is 2. The first kappa shape index (κ1) is 16.0. The molecule has 2 rings (SSSR count). The Morgan fingerprint density at radius 2 is 1.86 bits per heavy atom. The van der Waals surface area contributed by atoms with E-state index in [9.17, 15) is 12.8 Å². The van der Waals surface area contributed by atoms with Gasteiger partial charge in [0, 0.05) is 16.6 Å². The van der Waals surface area contributed by atoms with Crippen LogP contribution in [0.1, 0.15) is 5.56 Å². The molecule has 8 heteroatoms. The topological polar surface area (TPSA) is 72.2 Å². The predicted molar refractivity (Wildman–Crippen MR) is 81.6 cm³/mol. The fourth-order valence-electron chi connectivity index (χ4n) is 1.64. The Labute approximate surface area is 131 Å². The van der Waals surface area contributed by atoms with E-state index in [-0.39, 0.29) is 27.2 Å². The van der Waals surface area contributed by atoms with Gasteiger partial charge in [-0.2, -0.15) is 0 Å². The van der Waals surface area contributed by atoms with Gasteiger partial charge in [-0.25, -0.2) is 12.8 Å². The molecule has 21 heavy (non-hydrogen) atoms. The van der Waals surface area contributed by atoms with Crippen molar-refractivity contribution < 1.29 is 12.8 Å². The summed E-state index contributed by atoms with van der Waals surface area (Å²) in [6.07, 6.45) is 0. The lowest BCUT2D eigenvalue weighted by Gasteiger charge is -2.10. The average Bonchev–Trinajstić information content (AvgIpc) is 2.42. The maximum atomic E-state index is 13.6. The summed E-state index contributed by atoms with van der Waals surface area (Å²) in [7, 11) is -3.95. The fraction of sp³-hybridized carbons (Fsp3) is 0.0769. The third-order valence-corrected chi connectivity index (χ3v) is 4.68. The van der Waals surface area contributed by atoms with Crippen molar-refractivity contribution in [1.82, 2.24) is 0 Å². The maximum absolute atomic E-state index is 13.6. The summed E-state index contributed by atoms with van der Waals surface area (Å²) >= 11 is 11.5. The maximum Gasteiger partial charge on any atom is 0.262 e. The summed E-state index contributed by atoms with van der Waals surface area (Å²) in [5, 5.41) is 0.405. The minimum absolute atomic E-state index is 0.0842. The molecule has 0 aliphatic heterocycles. The largest absolute Gasteiger partial charge is 0.326 e. The molecule has 0 saturated carbocycles. The molecule has 0 heterocycles. The summed E-state index contributed by atoms with van der Waals surface area (Å²) < 4.78 is 40.2. The Morgan fingerprint density at radius 3 is 2.43 bits per heavy atom. The Kier molecular flexibility index (Phi) is 4.73. The fourth-order valence-corrected chi connectivity index (χ4v) is 3.21. The lowest BCUT2D eigenvalue weighted by atomic mass is 10.2. The van der Waals surface area contributed by atoms with Gasteiger partial charge in [0.15, 0.2) is 0 Å². The van der Waals surface area contributed by atoms with Gasteiger partial charge in [-0.1, -0.05) is 29.3 Å². The predicted octanol–water partition coefficient (Wildman–Crippen LogP) is 3.39. The van der Waals surface area contributed by atoms with Gasteiger partial charge in [-0.3, -0.25) is 4.72 Å². The van der Waals surface area contributed by atoms with Crippen molar-refractivity contribution in [2.75, 3.05) is 4.72 Å². The molecule has 0 aliphatic carbocycles. The summed E-state index contributed by atoms with van der Waals surface area (Å²) in [6, 6.07) is 7.77. The van der Waals surface area contributed by atoms with Gasteiger partial charge in [0.05, 0.1) is 10.6 Å². The average molecular weight is 349 g/mol. The SMILES string of the molecule is NCc1ccc(S(=O)(=O)Nc2ccc(Cl)cc2F)cc1Cl. The van der Waals surface area contributed by atoms with Crippen LogP contribution in [0, 0.1) is 5.82 Å². The molecule has 0 saturated heterocycles. The first-order chi connectivity index (χ1) is 9.83. The van der Waals surface area contributed by atoms with Crippen LogP contribution in [0.5, 0.6) is 0 Å². The van der Waals surface area contributed by atoms with E-state index in [0.717, 1.165) is 6.07 Å². The van der Waals surface area contributed by atoms with Gasteiger partial charge in [0.25, 0.3) is 10.0 Å². The normalized spacial score (nSPS) is 11.4. The molecule has 0 unspecified atom stereocenters. The lowest BCUT2D eigenvalue weighted by molar-refractivity contribution is 0.598. The number of rotatable bonds is 4. The Balaban J connectivity index is 2.36. The first-order valence-electron chi connectivity index (χ1n) is 5.80. The molecule has 0 fully saturated rings. The molecule has 2 aromatic carbocycles. The quantitative estimate of drug-likeness (QED) is 0.889. The van der Waals surface area contributed by atoms with Crippen LogP contribution in [0.2, 0.25) is 10.0 Å². The van der Waals surface area contributed by atoms with E-state index in [1.165, 1.54) is 30.3 Å². The van der Waals surface area contributed by atoms with Crippen molar-refractivity contribution in [3.8, 4) is 0 Å². The molecule has 4 nitrogen and oxygen atoms in total. The van der Waals surface area contributed by atoms with Gasteiger partial charge >= 0.3 is 0 Å². The van der Waals surface area contributed by atoms with Crippen molar-refractivity contribution in [1.29, 1.82) is 0 Å². The smallest absolute Gasteiger partial charge is 0.262 e. The van der Waals surface area contributed by atoms with Crippen molar-refractivity contribution in [2.24, 2.45) is 5.73 Å². The Hall–Kier alpha value is -1.34. The number of nitrogens with one attached hydrogen (secondary N) is 1. The number of nitrogens with two attached hydrogens (primary N) is 1. The molecule has 0 amide bonds.